The van der Waals surface area contributed by atoms with Gasteiger partial charge in [0.25, 0.3) is 5.91 Å². The lowest BCUT2D eigenvalue weighted by atomic mass is 10.2. The van der Waals surface area contributed by atoms with Crippen molar-refractivity contribution in [3.63, 3.8) is 0 Å². The van der Waals surface area contributed by atoms with Gasteiger partial charge in [-0.3, -0.25) is 4.79 Å². The van der Waals surface area contributed by atoms with Crippen LogP contribution in [0.4, 0.5) is 11.5 Å². The van der Waals surface area contributed by atoms with Gasteiger partial charge in [-0.15, -0.1) is 0 Å². The predicted molar refractivity (Wildman–Crippen MR) is 80.9 cm³/mol. The first-order valence-electron chi connectivity index (χ1n) is 6.11. The number of benzene rings is 1. The number of hydrogen-bond acceptors (Lipinski definition) is 5. The van der Waals surface area contributed by atoms with Crippen LogP contribution in [0.2, 0.25) is 0 Å². The Kier molecular flexibility index (Phi) is 3.95. The molecule has 21 heavy (non-hydrogen) atoms. The Hall–Kier alpha value is -2.41. The third kappa shape index (κ3) is 3.57. The number of rotatable bonds is 3. The van der Waals surface area contributed by atoms with Gasteiger partial charge in [0.15, 0.2) is 9.84 Å². The number of aromatic nitrogens is 1. The van der Waals surface area contributed by atoms with E-state index in [1.807, 2.05) is 6.92 Å². The van der Waals surface area contributed by atoms with Crippen molar-refractivity contribution >= 4 is 27.2 Å². The molecule has 0 saturated heterocycles. The molecule has 2 rings (SSSR count). The molecule has 1 heterocycles. The minimum Gasteiger partial charge on any atom is -0.397 e. The highest BCUT2D eigenvalue weighted by molar-refractivity contribution is 7.90. The summed E-state index contributed by atoms with van der Waals surface area (Å²) in [5.41, 5.74) is 7.36. The van der Waals surface area contributed by atoms with Crippen LogP contribution in [0.1, 0.15) is 15.9 Å². The van der Waals surface area contributed by atoms with Gasteiger partial charge in [0, 0.05) is 11.8 Å². The Morgan fingerprint density at radius 2 is 1.86 bits per heavy atom. The number of sulfone groups is 1. The van der Waals surface area contributed by atoms with E-state index in [4.69, 9.17) is 5.73 Å². The van der Waals surface area contributed by atoms with E-state index in [0.717, 1.165) is 11.8 Å². The number of pyridine rings is 1. The molecular weight excluding hydrogens is 290 g/mol. The van der Waals surface area contributed by atoms with Crippen LogP contribution in [0.15, 0.2) is 41.4 Å². The SMILES string of the molecule is Cc1cc(NC(=O)c2ccc(S(C)(=O)=O)cc2)ncc1N. The van der Waals surface area contributed by atoms with Crippen molar-refractivity contribution in [2.75, 3.05) is 17.3 Å². The predicted octanol–water partition coefficient (Wildman–Crippen LogP) is 1.63. The Labute approximate surface area is 122 Å². The first kappa shape index (κ1) is 15.0. The quantitative estimate of drug-likeness (QED) is 0.897. The second-order valence-electron chi connectivity index (χ2n) is 4.68. The molecule has 1 aromatic heterocycles. The lowest BCUT2D eigenvalue weighted by molar-refractivity contribution is 0.102. The molecule has 6 nitrogen and oxygen atoms in total. The molecule has 7 heteroatoms. The fraction of sp³-hybridized carbons (Fsp3) is 0.143. The van der Waals surface area contributed by atoms with Gasteiger partial charge in [-0.05, 0) is 42.8 Å². The molecule has 3 N–H and O–H groups in total. The van der Waals surface area contributed by atoms with Gasteiger partial charge in [-0.1, -0.05) is 0 Å². The second kappa shape index (κ2) is 5.53. The molecule has 0 radical (unpaired) electrons. The number of nitrogen functional groups attached to an aromatic ring is 1. The highest BCUT2D eigenvalue weighted by Gasteiger charge is 2.10. The number of amides is 1. The minimum absolute atomic E-state index is 0.167. The third-order valence-electron chi connectivity index (χ3n) is 2.94. The van der Waals surface area contributed by atoms with Crippen LogP contribution in [0, 0.1) is 6.92 Å². The molecule has 2 aromatic rings. The van der Waals surface area contributed by atoms with Gasteiger partial charge >= 0.3 is 0 Å². The molecule has 0 saturated carbocycles. The van der Waals surface area contributed by atoms with Crippen molar-refractivity contribution < 1.29 is 13.2 Å². The van der Waals surface area contributed by atoms with Crippen LogP contribution in [0.5, 0.6) is 0 Å². The summed E-state index contributed by atoms with van der Waals surface area (Å²) in [7, 11) is -3.27. The number of aryl methyl sites for hydroxylation is 1. The van der Waals surface area contributed by atoms with E-state index in [1.165, 1.54) is 30.5 Å². The standard InChI is InChI=1S/C14H15N3O3S/c1-9-7-13(16-8-12(9)15)17-14(18)10-3-5-11(6-4-10)21(2,19)20/h3-8H,15H2,1-2H3,(H,16,17,18). The summed E-state index contributed by atoms with van der Waals surface area (Å²) in [6.07, 6.45) is 2.58. The molecule has 0 atom stereocenters. The molecule has 0 fully saturated rings. The average molecular weight is 305 g/mol. The molecule has 110 valence electrons. The number of anilines is 2. The molecular formula is C14H15N3O3S. The number of carbonyl (C=O) groups is 1. The van der Waals surface area contributed by atoms with Gasteiger partial charge in [-0.2, -0.15) is 0 Å². The average Bonchev–Trinajstić information content (AvgIpc) is 2.42. The molecule has 0 aliphatic rings. The Balaban J connectivity index is 2.18. The largest absolute Gasteiger partial charge is 0.397 e. The van der Waals surface area contributed by atoms with Crippen LogP contribution in [0.25, 0.3) is 0 Å². The summed E-state index contributed by atoms with van der Waals surface area (Å²) < 4.78 is 22.7. The Morgan fingerprint density at radius 3 is 2.38 bits per heavy atom. The zero-order valence-corrected chi connectivity index (χ0v) is 12.4. The van der Waals surface area contributed by atoms with Crippen LogP contribution >= 0.6 is 0 Å². The molecule has 1 aromatic carbocycles. The molecule has 0 aliphatic heterocycles. The molecule has 0 spiro atoms. The summed E-state index contributed by atoms with van der Waals surface area (Å²) in [5.74, 6) is 0.0191. The van der Waals surface area contributed by atoms with Crippen LogP contribution in [0.3, 0.4) is 0 Å². The van der Waals surface area contributed by atoms with Gasteiger partial charge in [0.2, 0.25) is 0 Å². The van der Waals surface area contributed by atoms with E-state index in [-0.39, 0.29) is 10.8 Å². The van der Waals surface area contributed by atoms with Crippen molar-refractivity contribution in [1.82, 2.24) is 4.98 Å². The van der Waals surface area contributed by atoms with E-state index in [1.54, 1.807) is 6.07 Å². The third-order valence-corrected chi connectivity index (χ3v) is 4.07. The molecule has 0 unspecified atom stereocenters. The highest BCUT2D eigenvalue weighted by atomic mass is 32.2. The maximum absolute atomic E-state index is 12.0. The van der Waals surface area contributed by atoms with Crippen LogP contribution in [-0.2, 0) is 9.84 Å². The number of nitrogens with two attached hydrogens (primary N) is 1. The van der Waals surface area contributed by atoms with E-state index in [9.17, 15) is 13.2 Å². The van der Waals surface area contributed by atoms with Crippen molar-refractivity contribution in [3.05, 3.63) is 47.7 Å². The van der Waals surface area contributed by atoms with Crippen LogP contribution < -0.4 is 11.1 Å². The first-order valence-corrected chi connectivity index (χ1v) is 8.00. The summed E-state index contributed by atoms with van der Waals surface area (Å²) in [6.45, 7) is 1.81. The summed E-state index contributed by atoms with van der Waals surface area (Å²) in [5, 5.41) is 2.63. The number of nitrogens with one attached hydrogen (secondary N) is 1. The topological polar surface area (TPSA) is 102 Å². The maximum atomic E-state index is 12.0. The van der Waals surface area contributed by atoms with Crippen molar-refractivity contribution in [2.24, 2.45) is 0 Å². The van der Waals surface area contributed by atoms with E-state index < -0.39 is 9.84 Å². The number of carbonyl (C=O) groups excluding carboxylic acids is 1. The lowest BCUT2D eigenvalue weighted by Gasteiger charge is -2.07. The van der Waals surface area contributed by atoms with E-state index in [2.05, 4.69) is 10.3 Å². The van der Waals surface area contributed by atoms with E-state index in [0.29, 0.717) is 17.1 Å². The zero-order chi connectivity index (χ0) is 15.6. The highest BCUT2D eigenvalue weighted by Crippen LogP contribution is 2.15. The molecule has 0 aliphatic carbocycles. The second-order valence-corrected chi connectivity index (χ2v) is 6.69. The van der Waals surface area contributed by atoms with Gasteiger partial charge < -0.3 is 11.1 Å². The minimum atomic E-state index is -3.27. The maximum Gasteiger partial charge on any atom is 0.256 e. The molecule has 1 amide bonds. The zero-order valence-electron chi connectivity index (χ0n) is 11.6. The fourth-order valence-corrected chi connectivity index (χ4v) is 2.31. The van der Waals surface area contributed by atoms with Crippen molar-refractivity contribution in [3.8, 4) is 0 Å². The summed E-state index contributed by atoms with van der Waals surface area (Å²) in [6, 6.07) is 7.36. The smallest absolute Gasteiger partial charge is 0.256 e. The Bertz CT molecular complexity index is 784. The lowest BCUT2D eigenvalue weighted by Crippen LogP contribution is -2.13. The molecule has 0 bridgehead atoms. The Morgan fingerprint density at radius 1 is 1.24 bits per heavy atom. The fourth-order valence-electron chi connectivity index (χ4n) is 1.68. The van der Waals surface area contributed by atoms with Gasteiger partial charge in [-0.25, -0.2) is 13.4 Å². The van der Waals surface area contributed by atoms with E-state index >= 15 is 0 Å². The van der Waals surface area contributed by atoms with Crippen LogP contribution in [-0.4, -0.2) is 25.6 Å². The monoisotopic (exact) mass is 305 g/mol. The summed E-state index contributed by atoms with van der Waals surface area (Å²) in [4.78, 5) is 16.2. The summed E-state index contributed by atoms with van der Waals surface area (Å²) >= 11 is 0. The van der Waals surface area contributed by atoms with Gasteiger partial charge in [0.1, 0.15) is 5.82 Å². The number of nitrogens with zero attached hydrogens (tertiary/aromatic N) is 1. The van der Waals surface area contributed by atoms with Crippen molar-refractivity contribution in [2.45, 2.75) is 11.8 Å². The number of hydrogen-bond donors (Lipinski definition) is 2. The van der Waals surface area contributed by atoms with Crippen molar-refractivity contribution in [1.29, 1.82) is 0 Å². The van der Waals surface area contributed by atoms with Gasteiger partial charge in [0.05, 0.1) is 16.8 Å². The first-order chi connectivity index (χ1) is 9.77. The normalized spacial score (nSPS) is 11.1.